The van der Waals surface area contributed by atoms with Crippen molar-refractivity contribution in [2.24, 2.45) is 5.92 Å². The van der Waals surface area contributed by atoms with Gasteiger partial charge in [0.05, 0.1) is 13.0 Å². The van der Waals surface area contributed by atoms with Gasteiger partial charge in [0, 0.05) is 0 Å². The van der Waals surface area contributed by atoms with Crippen molar-refractivity contribution < 1.29 is 9.53 Å². The van der Waals surface area contributed by atoms with E-state index in [-0.39, 0.29) is 11.9 Å². The van der Waals surface area contributed by atoms with Crippen LogP contribution in [0.25, 0.3) is 0 Å². The summed E-state index contributed by atoms with van der Waals surface area (Å²) in [6.45, 7) is 0. The van der Waals surface area contributed by atoms with Crippen LogP contribution in [-0.2, 0) is 9.53 Å². The zero-order valence-electron chi connectivity index (χ0n) is 8.98. The van der Waals surface area contributed by atoms with Crippen LogP contribution in [0.5, 0.6) is 0 Å². The highest BCUT2D eigenvalue weighted by molar-refractivity contribution is 5.72. The lowest BCUT2D eigenvalue weighted by atomic mass is 9.96. The molecule has 1 aromatic rings. The molecule has 80 valence electrons. The molecule has 0 aliphatic heterocycles. The summed E-state index contributed by atoms with van der Waals surface area (Å²) in [5.41, 5.74) is 1.35. The Morgan fingerprint density at radius 2 is 2.00 bits per heavy atom. The molecular weight excluding hydrogens is 188 g/mol. The van der Waals surface area contributed by atoms with Gasteiger partial charge in [-0.15, -0.1) is 0 Å². The molecule has 1 saturated carbocycles. The van der Waals surface area contributed by atoms with Crippen molar-refractivity contribution in [2.45, 2.75) is 25.2 Å². The molecule has 0 radical (unpaired) electrons. The first kappa shape index (κ1) is 10.2. The molecule has 2 nitrogen and oxygen atoms in total. The molecule has 1 fully saturated rings. The lowest BCUT2D eigenvalue weighted by Gasteiger charge is -2.10. The van der Waals surface area contributed by atoms with Gasteiger partial charge in [0.1, 0.15) is 0 Å². The average Bonchev–Trinajstić information content (AvgIpc) is 2.78. The summed E-state index contributed by atoms with van der Waals surface area (Å²) >= 11 is 0. The first-order valence-electron chi connectivity index (χ1n) is 5.44. The molecule has 0 heterocycles. The van der Waals surface area contributed by atoms with E-state index in [9.17, 15) is 4.79 Å². The Morgan fingerprint density at radius 3 is 2.67 bits per heavy atom. The summed E-state index contributed by atoms with van der Waals surface area (Å²) in [5, 5.41) is 0. The van der Waals surface area contributed by atoms with Crippen LogP contribution >= 0.6 is 0 Å². The number of hydrogen-bond donors (Lipinski definition) is 0. The van der Waals surface area contributed by atoms with E-state index in [0.717, 1.165) is 19.3 Å². The van der Waals surface area contributed by atoms with Gasteiger partial charge >= 0.3 is 5.97 Å². The van der Waals surface area contributed by atoms with Gasteiger partial charge in [0.25, 0.3) is 0 Å². The number of rotatable bonds is 2. The number of ether oxygens (including phenoxy) is 1. The van der Waals surface area contributed by atoms with E-state index in [1.807, 2.05) is 6.07 Å². The number of methoxy groups -OCH3 is 1. The molecule has 0 spiro atoms. The van der Waals surface area contributed by atoms with Gasteiger partial charge in [-0.2, -0.15) is 0 Å². The number of hydrogen-bond acceptors (Lipinski definition) is 2. The van der Waals surface area contributed by atoms with Gasteiger partial charge in [-0.05, 0) is 30.7 Å². The van der Waals surface area contributed by atoms with E-state index >= 15 is 0 Å². The predicted molar refractivity (Wildman–Crippen MR) is 58.5 cm³/mol. The average molecular weight is 204 g/mol. The van der Waals surface area contributed by atoms with Crippen molar-refractivity contribution in [1.82, 2.24) is 0 Å². The van der Waals surface area contributed by atoms with Crippen LogP contribution in [0.1, 0.15) is 30.7 Å². The van der Waals surface area contributed by atoms with E-state index in [4.69, 9.17) is 4.74 Å². The van der Waals surface area contributed by atoms with Crippen LogP contribution in [0.4, 0.5) is 0 Å². The van der Waals surface area contributed by atoms with Gasteiger partial charge in [0.2, 0.25) is 0 Å². The Labute approximate surface area is 90.3 Å². The second-order valence-electron chi connectivity index (χ2n) is 4.14. The molecule has 1 aliphatic carbocycles. The maximum absolute atomic E-state index is 11.4. The molecule has 2 heteroatoms. The minimum Gasteiger partial charge on any atom is -0.469 e. The highest BCUT2D eigenvalue weighted by atomic mass is 16.5. The predicted octanol–water partition coefficient (Wildman–Crippen LogP) is 2.74. The fourth-order valence-electron chi connectivity index (χ4n) is 2.39. The van der Waals surface area contributed by atoms with E-state index in [1.54, 1.807) is 0 Å². The van der Waals surface area contributed by atoms with Gasteiger partial charge in [0.15, 0.2) is 0 Å². The Bertz CT molecular complexity index is 332. The SMILES string of the molecule is COC(=O)[C@@H]1CC[C@H](c2ccccc2)C1. The lowest BCUT2D eigenvalue weighted by Crippen LogP contribution is -2.12. The summed E-state index contributed by atoms with van der Waals surface area (Å²) in [7, 11) is 1.47. The topological polar surface area (TPSA) is 26.3 Å². The Morgan fingerprint density at radius 1 is 1.27 bits per heavy atom. The number of carbonyl (C=O) groups is 1. The molecule has 0 aromatic heterocycles. The van der Waals surface area contributed by atoms with Crippen molar-refractivity contribution in [3.05, 3.63) is 35.9 Å². The van der Waals surface area contributed by atoms with Crippen molar-refractivity contribution in [1.29, 1.82) is 0 Å². The molecule has 0 saturated heterocycles. The third kappa shape index (κ3) is 2.20. The Kier molecular flexibility index (Phi) is 3.05. The number of carbonyl (C=O) groups excluding carboxylic acids is 1. The molecule has 0 unspecified atom stereocenters. The number of esters is 1. The second kappa shape index (κ2) is 4.47. The highest BCUT2D eigenvalue weighted by Crippen LogP contribution is 2.38. The molecule has 0 bridgehead atoms. The minimum absolute atomic E-state index is 0.0477. The van der Waals surface area contributed by atoms with Gasteiger partial charge in [-0.1, -0.05) is 30.3 Å². The standard InChI is InChI=1S/C13H16O2/c1-15-13(14)12-8-7-11(9-12)10-5-3-2-4-6-10/h2-6,11-12H,7-9H2,1H3/t11-,12+/m0/s1. The van der Waals surface area contributed by atoms with Crippen molar-refractivity contribution >= 4 is 5.97 Å². The van der Waals surface area contributed by atoms with Crippen molar-refractivity contribution in [3.63, 3.8) is 0 Å². The van der Waals surface area contributed by atoms with E-state index in [0.29, 0.717) is 5.92 Å². The van der Waals surface area contributed by atoms with Crippen LogP contribution in [0.2, 0.25) is 0 Å². The number of benzene rings is 1. The van der Waals surface area contributed by atoms with Crippen molar-refractivity contribution in [2.75, 3.05) is 7.11 Å². The fourth-order valence-corrected chi connectivity index (χ4v) is 2.39. The summed E-state index contributed by atoms with van der Waals surface area (Å²) < 4.78 is 4.78. The highest BCUT2D eigenvalue weighted by Gasteiger charge is 2.31. The van der Waals surface area contributed by atoms with Gasteiger partial charge < -0.3 is 4.74 Å². The molecule has 1 aromatic carbocycles. The second-order valence-corrected chi connectivity index (χ2v) is 4.14. The van der Waals surface area contributed by atoms with E-state index in [1.165, 1.54) is 12.7 Å². The van der Waals surface area contributed by atoms with Gasteiger partial charge in [-0.3, -0.25) is 4.79 Å². The third-order valence-corrected chi connectivity index (χ3v) is 3.24. The minimum atomic E-state index is -0.0477. The third-order valence-electron chi connectivity index (χ3n) is 3.24. The normalized spacial score (nSPS) is 25.1. The van der Waals surface area contributed by atoms with E-state index in [2.05, 4.69) is 24.3 Å². The summed E-state index contributed by atoms with van der Waals surface area (Å²) in [5.74, 6) is 0.601. The maximum atomic E-state index is 11.4. The quantitative estimate of drug-likeness (QED) is 0.692. The zero-order valence-corrected chi connectivity index (χ0v) is 8.98. The van der Waals surface area contributed by atoms with Crippen LogP contribution in [-0.4, -0.2) is 13.1 Å². The molecule has 0 N–H and O–H groups in total. The van der Waals surface area contributed by atoms with Gasteiger partial charge in [-0.25, -0.2) is 0 Å². The Balaban J connectivity index is 2.02. The lowest BCUT2D eigenvalue weighted by molar-refractivity contribution is -0.145. The molecule has 2 rings (SSSR count). The molecule has 15 heavy (non-hydrogen) atoms. The van der Waals surface area contributed by atoms with E-state index < -0.39 is 0 Å². The maximum Gasteiger partial charge on any atom is 0.308 e. The largest absolute Gasteiger partial charge is 0.469 e. The molecule has 2 atom stereocenters. The van der Waals surface area contributed by atoms with Crippen LogP contribution in [0.3, 0.4) is 0 Å². The smallest absolute Gasteiger partial charge is 0.308 e. The zero-order chi connectivity index (χ0) is 10.7. The summed E-state index contributed by atoms with van der Waals surface area (Å²) in [6, 6.07) is 10.4. The van der Waals surface area contributed by atoms with Crippen molar-refractivity contribution in [3.8, 4) is 0 Å². The van der Waals surface area contributed by atoms with Crippen LogP contribution in [0.15, 0.2) is 30.3 Å². The van der Waals surface area contributed by atoms with Crippen LogP contribution in [0, 0.1) is 5.92 Å². The monoisotopic (exact) mass is 204 g/mol. The molecular formula is C13H16O2. The molecule has 0 amide bonds. The molecule has 1 aliphatic rings. The first-order chi connectivity index (χ1) is 7.31. The summed E-state index contributed by atoms with van der Waals surface area (Å²) in [6.07, 6.45) is 3.01. The van der Waals surface area contributed by atoms with Crippen LogP contribution < -0.4 is 0 Å². The summed E-state index contributed by atoms with van der Waals surface area (Å²) in [4.78, 5) is 11.4. The first-order valence-corrected chi connectivity index (χ1v) is 5.44. The fraction of sp³-hybridized carbons (Fsp3) is 0.462. The Hall–Kier alpha value is -1.31.